The molecule has 30 heavy (non-hydrogen) atoms. The minimum absolute atomic E-state index is 0.0901. The van der Waals surface area contributed by atoms with Crippen LogP contribution in [0.25, 0.3) is 0 Å². The van der Waals surface area contributed by atoms with Crippen LogP contribution in [0.5, 0.6) is 5.88 Å². The second-order valence-electron chi connectivity index (χ2n) is 7.31. The van der Waals surface area contributed by atoms with Gasteiger partial charge < -0.3 is 14.8 Å². The van der Waals surface area contributed by atoms with Crippen LogP contribution in [-0.4, -0.2) is 47.3 Å². The Balaban J connectivity index is 1.54. The fourth-order valence-electron chi connectivity index (χ4n) is 3.71. The molecule has 1 N–H and O–H groups in total. The van der Waals surface area contributed by atoms with Crippen LogP contribution in [0.3, 0.4) is 0 Å². The molecule has 4 rings (SSSR count). The fraction of sp³-hybridized carbons (Fsp3) is 0.429. The number of nitrogens with one attached hydrogen (secondary N) is 1. The highest BCUT2D eigenvalue weighted by Gasteiger charge is 2.28. The molecule has 2 aromatic rings. The zero-order valence-electron chi connectivity index (χ0n) is 16.6. The van der Waals surface area contributed by atoms with Gasteiger partial charge in [0.1, 0.15) is 29.7 Å². The Hall–Kier alpha value is -2.91. The lowest BCUT2D eigenvalue weighted by Gasteiger charge is -2.35. The number of anilines is 1. The highest BCUT2D eigenvalue weighted by molar-refractivity contribution is 6.30. The zero-order chi connectivity index (χ0) is 21.1. The quantitative estimate of drug-likeness (QED) is 0.557. The normalized spacial score (nSPS) is 17.2. The molecular formula is C21H21ClN6O2. The number of halogens is 1. The first-order chi connectivity index (χ1) is 14.6. The Kier molecular flexibility index (Phi) is 6.01. The maximum Gasteiger partial charge on any atom is 0.213 e. The van der Waals surface area contributed by atoms with Crippen molar-refractivity contribution in [2.45, 2.75) is 32.0 Å². The van der Waals surface area contributed by atoms with Crippen LogP contribution < -0.4 is 10.1 Å². The molecule has 2 aliphatic rings. The minimum Gasteiger partial charge on any atom is -0.469 e. The maximum absolute atomic E-state index is 9.52. The first-order valence-electron chi connectivity index (χ1n) is 9.77. The van der Waals surface area contributed by atoms with E-state index in [-0.39, 0.29) is 23.8 Å². The highest BCUT2D eigenvalue weighted by Crippen LogP contribution is 2.34. The topological polar surface area (TPSA) is 107 Å². The maximum atomic E-state index is 9.52. The van der Waals surface area contributed by atoms with E-state index in [9.17, 15) is 5.26 Å². The molecule has 2 aromatic heterocycles. The molecule has 0 radical (unpaired) electrons. The van der Waals surface area contributed by atoms with E-state index in [0.29, 0.717) is 43.4 Å². The Labute approximate surface area is 180 Å². The van der Waals surface area contributed by atoms with Gasteiger partial charge in [0.25, 0.3) is 0 Å². The van der Waals surface area contributed by atoms with E-state index in [4.69, 9.17) is 26.3 Å². The van der Waals surface area contributed by atoms with Gasteiger partial charge in [-0.3, -0.25) is 4.90 Å². The van der Waals surface area contributed by atoms with Crippen LogP contribution in [0.1, 0.15) is 35.2 Å². The van der Waals surface area contributed by atoms with Crippen molar-refractivity contribution in [2.75, 3.05) is 31.6 Å². The molecule has 0 aromatic carbocycles. The summed E-state index contributed by atoms with van der Waals surface area (Å²) < 4.78 is 10.9. The van der Waals surface area contributed by atoms with Crippen molar-refractivity contribution in [1.82, 2.24) is 14.9 Å². The van der Waals surface area contributed by atoms with Gasteiger partial charge in [-0.25, -0.2) is 9.97 Å². The van der Waals surface area contributed by atoms with E-state index in [2.05, 4.69) is 39.2 Å². The largest absolute Gasteiger partial charge is 0.469 e. The van der Waals surface area contributed by atoms with E-state index in [1.807, 2.05) is 18.3 Å². The van der Waals surface area contributed by atoms with E-state index in [0.717, 1.165) is 23.2 Å². The number of hydrogen-bond acceptors (Lipinski definition) is 8. The average molecular weight is 425 g/mol. The molecule has 0 bridgehead atoms. The van der Waals surface area contributed by atoms with Gasteiger partial charge in [-0.2, -0.15) is 10.5 Å². The van der Waals surface area contributed by atoms with Gasteiger partial charge in [0.2, 0.25) is 5.88 Å². The van der Waals surface area contributed by atoms with Gasteiger partial charge in [-0.1, -0.05) is 17.7 Å². The van der Waals surface area contributed by atoms with E-state index >= 15 is 0 Å². The zero-order valence-corrected chi connectivity index (χ0v) is 17.3. The monoisotopic (exact) mass is 424 g/mol. The van der Waals surface area contributed by atoms with Crippen molar-refractivity contribution >= 4 is 17.4 Å². The number of aromatic nitrogens is 2. The number of ether oxygens (including phenoxy) is 2. The predicted octanol–water partition coefficient (Wildman–Crippen LogP) is 2.83. The van der Waals surface area contributed by atoms with Crippen LogP contribution in [-0.2, 0) is 17.7 Å². The number of nitrogens with zero attached hydrogens (tertiary/aromatic N) is 5. The summed E-state index contributed by atoms with van der Waals surface area (Å²) in [6, 6.07) is 8.25. The van der Waals surface area contributed by atoms with E-state index in [1.165, 1.54) is 0 Å². The summed E-state index contributed by atoms with van der Waals surface area (Å²) >= 11 is 6.21. The molecule has 0 aliphatic carbocycles. The second-order valence-corrected chi connectivity index (χ2v) is 7.67. The molecule has 0 spiro atoms. The molecule has 9 heteroatoms. The van der Waals surface area contributed by atoms with Gasteiger partial charge in [0, 0.05) is 37.0 Å². The van der Waals surface area contributed by atoms with Gasteiger partial charge >= 0.3 is 0 Å². The van der Waals surface area contributed by atoms with Gasteiger partial charge in [0.05, 0.1) is 24.8 Å². The van der Waals surface area contributed by atoms with E-state index < -0.39 is 0 Å². The minimum atomic E-state index is 0.0901. The molecule has 1 saturated heterocycles. The van der Waals surface area contributed by atoms with Crippen LogP contribution in [0.4, 0.5) is 5.82 Å². The lowest BCUT2D eigenvalue weighted by molar-refractivity contribution is -0.0813. The van der Waals surface area contributed by atoms with Crippen molar-refractivity contribution < 1.29 is 9.47 Å². The van der Waals surface area contributed by atoms with Gasteiger partial charge in [-0.05, 0) is 24.5 Å². The molecule has 0 amide bonds. The molecule has 4 heterocycles. The number of fused-ring (bicyclic) bond motifs is 1. The van der Waals surface area contributed by atoms with Crippen molar-refractivity contribution in [2.24, 2.45) is 0 Å². The second kappa shape index (κ2) is 8.85. The summed E-state index contributed by atoms with van der Waals surface area (Å²) in [7, 11) is 0. The first kappa shape index (κ1) is 20.4. The standard InChI is InChI=1S/C21H21ClN6O2/c1-13(14-2-3-19(26-9-14)30-15-11-29-12-15)28-7-4-16-17(8-24)20(22)27-21(18(16)10-28)25-6-5-23/h2-3,9,13,15H,4,6-7,10-12H2,1H3,(H,25,27). The Morgan fingerprint density at radius 2 is 2.20 bits per heavy atom. The highest BCUT2D eigenvalue weighted by atomic mass is 35.5. The summed E-state index contributed by atoms with van der Waals surface area (Å²) in [4.78, 5) is 11.1. The van der Waals surface area contributed by atoms with Crippen molar-refractivity contribution in [3.63, 3.8) is 0 Å². The molecule has 1 atom stereocenters. The van der Waals surface area contributed by atoms with Crippen molar-refractivity contribution in [1.29, 1.82) is 10.5 Å². The molecular weight excluding hydrogens is 404 g/mol. The Morgan fingerprint density at radius 1 is 1.37 bits per heavy atom. The number of pyridine rings is 2. The molecule has 2 aliphatic heterocycles. The van der Waals surface area contributed by atoms with Crippen molar-refractivity contribution in [3.05, 3.63) is 45.7 Å². The summed E-state index contributed by atoms with van der Waals surface area (Å²) in [6.45, 7) is 4.84. The summed E-state index contributed by atoms with van der Waals surface area (Å²) in [5.41, 5.74) is 3.32. The average Bonchev–Trinajstić information content (AvgIpc) is 2.74. The number of hydrogen-bond donors (Lipinski definition) is 1. The van der Waals surface area contributed by atoms with Gasteiger partial charge in [0.15, 0.2) is 0 Å². The summed E-state index contributed by atoms with van der Waals surface area (Å²) in [6.07, 6.45) is 2.61. The molecule has 1 fully saturated rings. The van der Waals surface area contributed by atoms with E-state index in [1.54, 1.807) is 0 Å². The summed E-state index contributed by atoms with van der Waals surface area (Å²) in [5.74, 6) is 1.17. The predicted molar refractivity (Wildman–Crippen MR) is 110 cm³/mol. The third kappa shape index (κ3) is 4.03. The summed E-state index contributed by atoms with van der Waals surface area (Å²) in [5, 5.41) is 21.6. The SMILES string of the molecule is CC(c1ccc(OC2COC2)nc1)N1CCc2c(C#N)c(Cl)nc(NCC#N)c2C1. The van der Waals surface area contributed by atoms with Crippen LogP contribution in [0, 0.1) is 22.7 Å². The van der Waals surface area contributed by atoms with Gasteiger partial charge in [-0.15, -0.1) is 0 Å². The Bertz CT molecular complexity index is 1010. The lowest BCUT2D eigenvalue weighted by Crippen LogP contribution is -2.38. The van der Waals surface area contributed by atoms with Crippen LogP contribution in [0.2, 0.25) is 5.15 Å². The van der Waals surface area contributed by atoms with Crippen LogP contribution in [0.15, 0.2) is 18.3 Å². The number of rotatable bonds is 6. The fourth-order valence-corrected chi connectivity index (χ4v) is 3.95. The molecule has 0 saturated carbocycles. The third-order valence-electron chi connectivity index (χ3n) is 5.51. The first-order valence-corrected chi connectivity index (χ1v) is 10.1. The number of nitriles is 2. The Morgan fingerprint density at radius 3 is 2.83 bits per heavy atom. The molecule has 8 nitrogen and oxygen atoms in total. The third-order valence-corrected chi connectivity index (χ3v) is 5.78. The van der Waals surface area contributed by atoms with Crippen LogP contribution >= 0.6 is 11.6 Å². The molecule has 154 valence electrons. The van der Waals surface area contributed by atoms with Crippen molar-refractivity contribution in [3.8, 4) is 18.0 Å². The molecule has 1 unspecified atom stereocenters. The smallest absolute Gasteiger partial charge is 0.213 e. The lowest BCUT2D eigenvalue weighted by atomic mass is 9.94.